The molecule has 17 heavy (non-hydrogen) atoms. The zero-order chi connectivity index (χ0) is 12.1. The fraction of sp³-hybridized carbons (Fsp3) is 0.357. The first-order valence-electron chi connectivity index (χ1n) is 5.90. The highest BCUT2D eigenvalue weighted by atomic mass is 32.1. The smallest absolute Gasteiger partial charge is 0.0896 e. The summed E-state index contributed by atoms with van der Waals surface area (Å²) in [7, 11) is 2.01. The van der Waals surface area contributed by atoms with Gasteiger partial charge >= 0.3 is 0 Å². The summed E-state index contributed by atoms with van der Waals surface area (Å²) in [5, 5.41) is 4.43. The zero-order valence-corrected chi connectivity index (χ0v) is 11.1. The molecule has 0 spiro atoms. The molecule has 1 atom stereocenters. The maximum atomic E-state index is 4.32. The lowest BCUT2D eigenvalue weighted by molar-refractivity contribution is 0.629. The Morgan fingerprint density at radius 2 is 2.06 bits per heavy atom. The summed E-state index contributed by atoms with van der Waals surface area (Å²) >= 11 is 1.80. The molecule has 0 amide bonds. The van der Waals surface area contributed by atoms with Crippen LogP contribution in [0.3, 0.4) is 0 Å². The topological polar surface area (TPSA) is 24.9 Å². The van der Waals surface area contributed by atoms with Crippen molar-refractivity contribution in [2.24, 2.45) is 0 Å². The van der Waals surface area contributed by atoms with E-state index < -0.39 is 0 Å². The molecule has 1 N–H and O–H groups in total. The first kappa shape index (κ1) is 12.3. The van der Waals surface area contributed by atoms with Crippen LogP contribution in [0.1, 0.15) is 21.4 Å². The van der Waals surface area contributed by atoms with E-state index in [1.54, 1.807) is 11.3 Å². The second-order valence-corrected chi connectivity index (χ2v) is 5.53. The molecule has 3 heteroatoms. The summed E-state index contributed by atoms with van der Waals surface area (Å²) in [4.78, 5) is 5.69. The summed E-state index contributed by atoms with van der Waals surface area (Å²) in [6.45, 7) is 3.06. The van der Waals surface area contributed by atoms with Gasteiger partial charge in [-0.25, -0.2) is 4.98 Å². The van der Waals surface area contributed by atoms with Crippen LogP contribution in [0.2, 0.25) is 0 Å². The molecule has 2 aromatic rings. The molecule has 0 fully saturated rings. The third kappa shape index (κ3) is 3.38. The summed E-state index contributed by atoms with van der Waals surface area (Å²) in [6, 6.07) is 10.7. The summed E-state index contributed by atoms with van der Waals surface area (Å²) in [5.41, 5.74) is 1.40. The van der Waals surface area contributed by atoms with Crippen molar-refractivity contribution >= 4 is 11.3 Å². The number of rotatable bonds is 5. The molecule has 0 saturated heterocycles. The first-order valence-corrected chi connectivity index (χ1v) is 6.72. The second-order valence-electron chi connectivity index (χ2n) is 4.22. The van der Waals surface area contributed by atoms with Gasteiger partial charge in [0.25, 0.3) is 0 Å². The van der Waals surface area contributed by atoms with Crippen LogP contribution in [0.25, 0.3) is 0 Å². The molecule has 0 radical (unpaired) electrons. The van der Waals surface area contributed by atoms with Gasteiger partial charge in [-0.05, 0) is 26.0 Å². The third-order valence-corrected chi connectivity index (χ3v) is 3.77. The molecule has 2 nitrogen and oxygen atoms in total. The molecule has 1 unspecified atom stereocenters. The molecular weight excluding hydrogens is 228 g/mol. The SMILES string of the molecule is CNCC(Cc1cnc(C)s1)c1ccccc1. The Morgan fingerprint density at radius 3 is 2.65 bits per heavy atom. The average molecular weight is 246 g/mol. The molecule has 0 bridgehead atoms. The van der Waals surface area contributed by atoms with E-state index in [0.717, 1.165) is 18.0 Å². The minimum atomic E-state index is 0.529. The summed E-state index contributed by atoms with van der Waals surface area (Å²) < 4.78 is 0. The van der Waals surface area contributed by atoms with E-state index in [1.807, 2.05) is 13.2 Å². The van der Waals surface area contributed by atoms with Crippen LogP contribution in [0.4, 0.5) is 0 Å². The van der Waals surface area contributed by atoms with Crippen LogP contribution in [0.15, 0.2) is 36.5 Å². The standard InChI is InChI=1S/C14H18N2S/c1-11-16-10-14(17-11)8-13(9-15-2)12-6-4-3-5-7-12/h3-7,10,13,15H,8-9H2,1-2H3. The number of aryl methyl sites for hydroxylation is 1. The predicted molar refractivity (Wildman–Crippen MR) is 73.7 cm³/mol. The van der Waals surface area contributed by atoms with Gasteiger partial charge in [-0.1, -0.05) is 30.3 Å². The van der Waals surface area contributed by atoms with E-state index >= 15 is 0 Å². The molecule has 1 aromatic heterocycles. The lowest BCUT2D eigenvalue weighted by Gasteiger charge is -2.15. The fourth-order valence-electron chi connectivity index (χ4n) is 2.02. The van der Waals surface area contributed by atoms with Crippen LogP contribution in [0.5, 0.6) is 0 Å². The summed E-state index contributed by atoms with van der Waals surface area (Å²) in [6.07, 6.45) is 3.07. The quantitative estimate of drug-likeness (QED) is 0.877. The highest BCUT2D eigenvalue weighted by molar-refractivity contribution is 7.11. The van der Waals surface area contributed by atoms with Crippen molar-refractivity contribution in [3.8, 4) is 0 Å². The number of likely N-dealkylation sites (N-methyl/N-ethyl adjacent to an activating group) is 1. The van der Waals surface area contributed by atoms with E-state index in [9.17, 15) is 0 Å². The lowest BCUT2D eigenvalue weighted by atomic mass is 9.95. The number of hydrogen-bond donors (Lipinski definition) is 1. The minimum absolute atomic E-state index is 0.529. The van der Waals surface area contributed by atoms with Crippen molar-refractivity contribution in [3.63, 3.8) is 0 Å². The maximum absolute atomic E-state index is 4.32. The molecule has 0 saturated carbocycles. The predicted octanol–water partition coefficient (Wildman–Crippen LogP) is 3.00. The highest BCUT2D eigenvalue weighted by Crippen LogP contribution is 2.23. The van der Waals surface area contributed by atoms with Crippen molar-refractivity contribution < 1.29 is 0 Å². The largest absolute Gasteiger partial charge is 0.319 e. The Bertz CT molecular complexity index is 450. The molecular formula is C14H18N2S. The van der Waals surface area contributed by atoms with E-state index in [0.29, 0.717) is 5.92 Å². The minimum Gasteiger partial charge on any atom is -0.319 e. The number of hydrogen-bond acceptors (Lipinski definition) is 3. The number of aromatic nitrogens is 1. The molecule has 1 aromatic carbocycles. The Morgan fingerprint density at radius 1 is 1.29 bits per heavy atom. The molecule has 2 rings (SSSR count). The van der Waals surface area contributed by atoms with Gasteiger partial charge in [-0.3, -0.25) is 0 Å². The van der Waals surface area contributed by atoms with Crippen molar-refractivity contribution in [2.45, 2.75) is 19.3 Å². The van der Waals surface area contributed by atoms with Gasteiger partial charge in [0.2, 0.25) is 0 Å². The van der Waals surface area contributed by atoms with Crippen molar-refractivity contribution in [3.05, 3.63) is 52.0 Å². The second kappa shape index (κ2) is 5.94. The van der Waals surface area contributed by atoms with E-state index in [1.165, 1.54) is 10.4 Å². The van der Waals surface area contributed by atoms with E-state index in [2.05, 4.69) is 47.6 Å². The van der Waals surface area contributed by atoms with Crippen LogP contribution in [0, 0.1) is 6.92 Å². The fourth-order valence-corrected chi connectivity index (χ4v) is 2.90. The number of nitrogens with zero attached hydrogens (tertiary/aromatic N) is 1. The van der Waals surface area contributed by atoms with E-state index in [4.69, 9.17) is 0 Å². The molecule has 0 aliphatic rings. The molecule has 1 heterocycles. The Labute approximate surface area is 107 Å². The normalized spacial score (nSPS) is 12.6. The van der Waals surface area contributed by atoms with Gasteiger partial charge < -0.3 is 5.32 Å². The van der Waals surface area contributed by atoms with Gasteiger partial charge in [-0.2, -0.15) is 0 Å². The highest BCUT2D eigenvalue weighted by Gasteiger charge is 2.12. The first-order chi connectivity index (χ1) is 8.29. The summed E-state index contributed by atoms with van der Waals surface area (Å²) in [5.74, 6) is 0.529. The zero-order valence-electron chi connectivity index (χ0n) is 10.3. The number of benzene rings is 1. The Balaban J connectivity index is 2.13. The van der Waals surface area contributed by atoms with Gasteiger partial charge in [0.1, 0.15) is 0 Å². The third-order valence-electron chi connectivity index (χ3n) is 2.84. The monoisotopic (exact) mass is 246 g/mol. The Hall–Kier alpha value is -1.19. The van der Waals surface area contributed by atoms with Crippen molar-refractivity contribution in [1.29, 1.82) is 0 Å². The lowest BCUT2D eigenvalue weighted by Crippen LogP contribution is -2.18. The maximum Gasteiger partial charge on any atom is 0.0896 e. The molecule has 0 aliphatic heterocycles. The number of thiazole rings is 1. The molecule has 0 aliphatic carbocycles. The number of nitrogens with one attached hydrogen (secondary N) is 1. The molecule has 90 valence electrons. The van der Waals surface area contributed by atoms with Crippen molar-refractivity contribution in [2.75, 3.05) is 13.6 Å². The van der Waals surface area contributed by atoms with Gasteiger partial charge in [0, 0.05) is 23.5 Å². The van der Waals surface area contributed by atoms with Crippen molar-refractivity contribution in [1.82, 2.24) is 10.3 Å². The Kier molecular flexibility index (Phi) is 4.29. The van der Waals surface area contributed by atoms with Crippen LogP contribution >= 0.6 is 11.3 Å². The van der Waals surface area contributed by atoms with E-state index in [-0.39, 0.29) is 0 Å². The van der Waals surface area contributed by atoms with Crippen LogP contribution in [-0.4, -0.2) is 18.6 Å². The van der Waals surface area contributed by atoms with Gasteiger partial charge in [-0.15, -0.1) is 11.3 Å². The van der Waals surface area contributed by atoms with Crippen LogP contribution in [-0.2, 0) is 6.42 Å². The van der Waals surface area contributed by atoms with Gasteiger partial charge in [0.15, 0.2) is 0 Å². The van der Waals surface area contributed by atoms with Crippen LogP contribution < -0.4 is 5.32 Å². The average Bonchev–Trinajstić information content (AvgIpc) is 2.75. The van der Waals surface area contributed by atoms with Gasteiger partial charge in [0.05, 0.1) is 5.01 Å².